The van der Waals surface area contributed by atoms with Crippen molar-refractivity contribution in [2.24, 2.45) is 0 Å². The Bertz CT molecular complexity index is 871. The number of nitrogens with zero attached hydrogens (tertiary/aromatic N) is 1. The molecular formula is C16H8BrCl2IN2O2. The van der Waals surface area contributed by atoms with E-state index in [4.69, 9.17) is 23.2 Å². The number of amides is 1. The summed E-state index contributed by atoms with van der Waals surface area (Å²) >= 11 is 16.9. The van der Waals surface area contributed by atoms with E-state index in [1.165, 1.54) is 12.1 Å². The second kappa shape index (κ2) is 8.21. The van der Waals surface area contributed by atoms with Gasteiger partial charge in [-0.2, -0.15) is 5.26 Å². The summed E-state index contributed by atoms with van der Waals surface area (Å²) in [5.74, 6) is -0.471. The van der Waals surface area contributed by atoms with Crippen LogP contribution in [-0.2, 0) is 4.79 Å². The van der Waals surface area contributed by atoms with Crippen LogP contribution in [0.15, 0.2) is 40.4 Å². The number of rotatable bonds is 3. The number of phenols is 1. The lowest BCUT2D eigenvalue weighted by Gasteiger charge is -2.06. The smallest absolute Gasteiger partial charge is 0.266 e. The molecule has 0 aliphatic heterocycles. The van der Waals surface area contributed by atoms with Gasteiger partial charge in [0.2, 0.25) is 0 Å². The predicted molar refractivity (Wildman–Crippen MR) is 107 cm³/mol. The quantitative estimate of drug-likeness (QED) is 0.304. The van der Waals surface area contributed by atoms with Crippen molar-refractivity contribution in [1.29, 1.82) is 5.26 Å². The SMILES string of the molecule is N#C/C(=C\c1cc(Br)c(O)c(I)c1)C(=O)Nc1ccc(Cl)c(Cl)c1. The van der Waals surface area contributed by atoms with E-state index >= 15 is 0 Å². The molecule has 2 rings (SSSR count). The highest BCUT2D eigenvalue weighted by atomic mass is 127. The van der Waals surface area contributed by atoms with Crippen molar-refractivity contribution in [3.8, 4) is 11.8 Å². The molecule has 2 N–H and O–H groups in total. The van der Waals surface area contributed by atoms with Crippen molar-refractivity contribution in [2.75, 3.05) is 5.32 Å². The van der Waals surface area contributed by atoms with E-state index in [1.807, 2.05) is 28.7 Å². The molecule has 1 amide bonds. The van der Waals surface area contributed by atoms with E-state index in [-0.39, 0.29) is 11.3 Å². The highest BCUT2D eigenvalue weighted by Crippen LogP contribution is 2.31. The lowest BCUT2D eigenvalue weighted by molar-refractivity contribution is -0.112. The lowest BCUT2D eigenvalue weighted by Crippen LogP contribution is -2.13. The van der Waals surface area contributed by atoms with Gasteiger partial charge in [-0.05, 0) is 80.5 Å². The van der Waals surface area contributed by atoms with Gasteiger partial charge in [0, 0.05) is 5.69 Å². The van der Waals surface area contributed by atoms with E-state index < -0.39 is 5.91 Å². The molecule has 0 saturated carbocycles. The average molecular weight is 538 g/mol. The highest BCUT2D eigenvalue weighted by molar-refractivity contribution is 14.1. The first kappa shape index (κ1) is 19.1. The molecule has 0 spiro atoms. The van der Waals surface area contributed by atoms with E-state index in [0.29, 0.717) is 29.3 Å². The van der Waals surface area contributed by atoms with Crippen LogP contribution in [0.2, 0.25) is 10.0 Å². The highest BCUT2D eigenvalue weighted by Gasteiger charge is 2.12. The van der Waals surface area contributed by atoms with Gasteiger partial charge in [-0.15, -0.1) is 0 Å². The molecule has 0 bridgehead atoms. The maximum Gasteiger partial charge on any atom is 0.266 e. The molecular weight excluding hydrogens is 530 g/mol. The fourth-order valence-electron chi connectivity index (χ4n) is 1.76. The maximum atomic E-state index is 12.2. The molecule has 122 valence electrons. The monoisotopic (exact) mass is 536 g/mol. The van der Waals surface area contributed by atoms with Gasteiger partial charge in [0.05, 0.1) is 18.1 Å². The summed E-state index contributed by atoms with van der Waals surface area (Å²) < 4.78 is 1.07. The Morgan fingerprint density at radius 3 is 2.58 bits per heavy atom. The number of nitrogens with one attached hydrogen (secondary N) is 1. The van der Waals surface area contributed by atoms with Gasteiger partial charge in [-0.25, -0.2) is 0 Å². The van der Waals surface area contributed by atoms with Gasteiger partial charge in [0.25, 0.3) is 5.91 Å². The Morgan fingerprint density at radius 1 is 1.29 bits per heavy atom. The fraction of sp³-hybridized carbons (Fsp3) is 0. The van der Waals surface area contributed by atoms with Gasteiger partial charge >= 0.3 is 0 Å². The standard InChI is InChI=1S/C16H8BrCl2IN2O2/c17-11-4-8(5-14(20)15(11)23)3-9(7-21)16(24)22-10-1-2-12(18)13(19)6-10/h1-6,23H,(H,22,24)/b9-3+. The van der Waals surface area contributed by atoms with E-state index in [9.17, 15) is 15.2 Å². The fourth-order valence-corrected chi connectivity index (χ4v) is 3.55. The number of carbonyl (C=O) groups is 1. The Morgan fingerprint density at radius 2 is 2.00 bits per heavy atom. The zero-order chi connectivity index (χ0) is 17.9. The van der Waals surface area contributed by atoms with Crippen molar-refractivity contribution < 1.29 is 9.90 Å². The Hall–Kier alpha value is -1.27. The Balaban J connectivity index is 2.29. The summed E-state index contributed by atoms with van der Waals surface area (Å²) in [6, 6.07) is 9.76. The van der Waals surface area contributed by atoms with Crippen LogP contribution < -0.4 is 5.32 Å². The van der Waals surface area contributed by atoms with Crippen LogP contribution in [0.3, 0.4) is 0 Å². The van der Waals surface area contributed by atoms with Gasteiger partial charge in [-0.1, -0.05) is 23.2 Å². The topological polar surface area (TPSA) is 73.1 Å². The van der Waals surface area contributed by atoms with Crippen molar-refractivity contribution in [2.45, 2.75) is 0 Å². The molecule has 8 heteroatoms. The molecule has 0 radical (unpaired) electrons. The minimum Gasteiger partial charge on any atom is -0.506 e. The van der Waals surface area contributed by atoms with Gasteiger partial charge in [-0.3, -0.25) is 4.79 Å². The van der Waals surface area contributed by atoms with Crippen LogP contribution in [-0.4, -0.2) is 11.0 Å². The number of nitriles is 1. The molecule has 4 nitrogen and oxygen atoms in total. The molecule has 2 aromatic rings. The number of halogens is 4. The van der Waals surface area contributed by atoms with Crippen LogP contribution in [0, 0.1) is 14.9 Å². The zero-order valence-corrected chi connectivity index (χ0v) is 17.0. The lowest BCUT2D eigenvalue weighted by atomic mass is 10.1. The van der Waals surface area contributed by atoms with Crippen LogP contribution in [0.1, 0.15) is 5.56 Å². The summed E-state index contributed by atoms with van der Waals surface area (Å²) in [6.45, 7) is 0. The second-order valence-electron chi connectivity index (χ2n) is 4.59. The predicted octanol–water partition coefficient (Wildman–Crippen LogP) is 5.61. The normalized spacial score (nSPS) is 11.0. The Labute approximate surface area is 170 Å². The zero-order valence-electron chi connectivity index (χ0n) is 11.8. The van der Waals surface area contributed by atoms with Crippen LogP contribution >= 0.6 is 61.7 Å². The van der Waals surface area contributed by atoms with Gasteiger partial charge in [0.15, 0.2) is 0 Å². The Kier molecular flexibility index (Phi) is 6.52. The molecule has 0 unspecified atom stereocenters. The van der Waals surface area contributed by atoms with E-state index in [2.05, 4.69) is 21.2 Å². The third kappa shape index (κ3) is 4.63. The molecule has 0 heterocycles. The second-order valence-corrected chi connectivity index (χ2v) is 7.42. The molecule has 0 atom stereocenters. The van der Waals surface area contributed by atoms with Crippen molar-refractivity contribution in [3.05, 3.63) is 59.6 Å². The molecule has 0 aliphatic carbocycles. The molecule has 0 fully saturated rings. The van der Waals surface area contributed by atoms with Crippen LogP contribution in [0.4, 0.5) is 5.69 Å². The van der Waals surface area contributed by atoms with E-state index in [1.54, 1.807) is 24.3 Å². The molecule has 0 aliphatic rings. The summed E-state index contributed by atoms with van der Waals surface area (Å²) in [7, 11) is 0. The van der Waals surface area contributed by atoms with Crippen molar-refractivity contribution in [3.63, 3.8) is 0 Å². The number of anilines is 1. The van der Waals surface area contributed by atoms with Crippen molar-refractivity contribution >= 4 is 79.4 Å². The number of carbonyl (C=O) groups excluding carboxylic acids is 1. The van der Waals surface area contributed by atoms with Gasteiger partial charge < -0.3 is 10.4 Å². The average Bonchev–Trinajstić information content (AvgIpc) is 2.53. The van der Waals surface area contributed by atoms with Crippen LogP contribution in [0.25, 0.3) is 6.08 Å². The first-order chi connectivity index (χ1) is 11.3. The van der Waals surface area contributed by atoms with Gasteiger partial charge in [0.1, 0.15) is 17.4 Å². The molecule has 24 heavy (non-hydrogen) atoms. The summed E-state index contributed by atoms with van der Waals surface area (Å²) in [4.78, 5) is 12.2. The summed E-state index contributed by atoms with van der Waals surface area (Å²) in [6.07, 6.45) is 1.43. The summed E-state index contributed by atoms with van der Waals surface area (Å²) in [5.41, 5.74) is 0.941. The van der Waals surface area contributed by atoms with Crippen molar-refractivity contribution in [1.82, 2.24) is 0 Å². The van der Waals surface area contributed by atoms with Crippen LogP contribution in [0.5, 0.6) is 5.75 Å². The minimum atomic E-state index is -0.574. The number of hydrogen-bond acceptors (Lipinski definition) is 3. The largest absolute Gasteiger partial charge is 0.506 e. The number of hydrogen-bond donors (Lipinski definition) is 2. The number of aromatic hydroxyl groups is 1. The third-order valence-electron chi connectivity index (χ3n) is 2.89. The minimum absolute atomic E-state index is 0.0885. The molecule has 2 aromatic carbocycles. The molecule has 0 aromatic heterocycles. The van der Waals surface area contributed by atoms with E-state index in [0.717, 1.165) is 0 Å². The number of benzene rings is 2. The summed E-state index contributed by atoms with van der Waals surface area (Å²) in [5, 5.41) is 22.2. The maximum absolute atomic E-state index is 12.2. The first-order valence-electron chi connectivity index (χ1n) is 6.38. The number of phenolic OH excluding ortho intramolecular Hbond substituents is 1. The molecule has 0 saturated heterocycles. The first-order valence-corrected chi connectivity index (χ1v) is 9.01. The third-order valence-corrected chi connectivity index (χ3v) is 5.06.